The molecule has 6 aromatic rings. The predicted molar refractivity (Wildman–Crippen MR) is 154 cm³/mol. The van der Waals surface area contributed by atoms with E-state index in [1.54, 1.807) is 26.4 Å². The molecule has 202 valence electrons. The van der Waals surface area contributed by atoms with Crippen molar-refractivity contribution in [1.29, 1.82) is 0 Å². The minimum absolute atomic E-state index is 0.249. The Morgan fingerprint density at radius 1 is 0.575 bits per heavy atom. The van der Waals surface area contributed by atoms with Gasteiger partial charge >= 0.3 is 0 Å². The first-order valence-corrected chi connectivity index (χ1v) is 13.9. The fourth-order valence-corrected chi connectivity index (χ4v) is 6.08. The highest BCUT2D eigenvalue weighted by molar-refractivity contribution is 7.22. The molecule has 0 amide bonds. The van der Waals surface area contributed by atoms with E-state index in [1.807, 2.05) is 36.4 Å². The zero-order valence-electron chi connectivity index (χ0n) is 21.4. The standard InChI is InChI=1S/C30H22F2N2O4S2/c1-35-23-7-3-18(30-34-22-16-20(32)6-10-28(22)40-30)14-26(23)38-12-11-37-24-8-4-17(13-25(24)36-2)29-33-21-15-19(31)5-9-27(21)39-29/h3-10,13-16H,11-12H2,1-2H3. The summed E-state index contributed by atoms with van der Waals surface area (Å²) >= 11 is 2.96. The second-order valence-electron chi connectivity index (χ2n) is 8.69. The average Bonchev–Trinajstić information content (AvgIpc) is 3.59. The first-order valence-electron chi connectivity index (χ1n) is 12.3. The molecular formula is C30H22F2N2O4S2. The monoisotopic (exact) mass is 576 g/mol. The number of methoxy groups -OCH3 is 2. The summed E-state index contributed by atoms with van der Waals surface area (Å²) in [5, 5.41) is 1.52. The molecular weight excluding hydrogens is 554 g/mol. The van der Waals surface area contributed by atoms with Gasteiger partial charge in [0.2, 0.25) is 0 Å². The third-order valence-corrected chi connectivity index (χ3v) is 8.29. The molecule has 0 N–H and O–H groups in total. The zero-order chi connectivity index (χ0) is 27.6. The molecule has 0 aliphatic rings. The van der Waals surface area contributed by atoms with E-state index in [9.17, 15) is 8.78 Å². The Kier molecular flexibility index (Phi) is 7.19. The Hall–Kier alpha value is -4.28. The van der Waals surface area contributed by atoms with Crippen LogP contribution in [-0.4, -0.2) is 37.4 Å². The molecule has 6 nitrogen and oxygen atoms in total. The van der Waals surface area contributed by atoms with E-state index >= 15 is 0 Å². The van der Waals surface area contributed by atoms with Gasteiger partial charge in [-0.05, 0) is 60.7 Å². The van der Waals surface area contributed by atoms with Crippen LogP contribution in [0.3, 0.4) is 0 Å². The van der Waals surface area contributed by atoms with Crippen LogP contribution in [0.2, 0.25) is 0 Å². The van der Waals surface area contributed by atoms with Crippen LogP contribution in [0.15, 0.2) is 72.8 Å². The molecule has 0 aliphatic carbocycles. The lowest BCUT2D eigenvalue weighted by molar-refractivity contribution is 0.206. The number of hydrogen-bond acceptors (Lipinski definition) is 8. The van der Waals surface area contributed by atoms with Gasteiger partial charge in [0.05, 0.1) is 34.7 Å². The van der Waals surface area contributed by atoms with Crippen LogP contribution in [0.1, 0.15) is 0 Å². The highest BCUT2D eigenvalue weighted by atomic mass is 32.1. The Balaban J connectivity index is 1.14. The van der Waals surface area contributed by atoms with Crippen molar-refractivity contribution in [3.63, 3.8) is 0 Å². The normalized spacial score (nSPS) is 11.2. The smallest absolute Gasteiger partial charge is 0.162 e. The maximum atomic E-state index is 13.6. The van der Waals surface area contributed by atoms with E-state index in [0.717, 1.165) is 30.5 Å². The first-order chi connectivity index (χ1) is 19.5. The van der Waals surface area contributed by atoms with Gasteiger partial charge in [0, 0.05) is 23.3 Å². The predicted octanol–water partition coefficient (Wildman–Crippen LogP) is 7.99. The summed E-state index contributed by atoms with van der Waals surface area (Å²) in [5.74, 6) is 1.60. The van der Waals surface area contributed by atoms with E-state index < -0.39 is 0 Å². The van der Waals surface area contributed by atoms with Crippen LogP contribution in [0, 0.1) is 11.6 Å². The van der Waals surface area contributed by atoms with Crippen molar-refractivity contribution in [2.75, 3.05) is 27.4 Å². The average molecular weight is 577 g/mol. The van der Waals surface area contributed by atoms with Crippen molar-refractivity contribution in [3.05, 3.63) is 84.4 Å². The first kappa shape index (κ1) is 26.0. The fourth-order valence-electron chi connectivity index (χ4n) is 4.19. The molecule has 0 radical (unpaired) electrons. The van der Waals surface area contributed by atoms with Gasteiger partial charge in [-0.3, -0.25) is 0 Å². The molecule has 0 saturated carbocycles. The van der Waals surface area contributed by atoms with Crippen LogP contribution in [0.5, 0.6) is 23.0 Å². The van der Waals surface area contributed by atoms with Crippen molar-refractivity contribution in [2.24, 2.45) is 0 Å². The molecule has 40 heavy (non-hydrogen) atoms. The van der Waals surface area contributed by atoms with Crippen molar-refractivity contribution >= 4 is 43.1 Å². The summed E-state index contributed by atoms with van der Waals surface area (Å²) < 4.78 is 51.9. The number of fused-ring (bicyclic) bond motifs is 2. The van der Waals surface area contributed by atoms with E-state index in [0.29, 0.717) is 34.0 Å². The minimum Gasteiger partial charge on any atom is -0.493 e. The van der Waals surface area contributed by atoms with Gasteiger partial charge in [-0.25, -0.2) is 18.7 Å². The summed E-state index contributed by atoms with van der Waals surface area (Å²) in [6.07, 6.45) is 0. The molecule has 0 fully saturated rings. The second kappa shape index (κ2) is 11.1. The zero-order valence-corrected chi connectivity index (χ0v) is 23.1. The van der Waals surface area contributed by atoms with Gasteiger partial charge in [-0.1, -0.05) is 0 Å². The summed E-state index contributed by atoms with van der Waals surface area (Å²) in [7, 11) is 3.15. The molecule has 4 aromatic carbocycles. The van der Waals surface area contributed by atoms with Crippen molar-refractivity contribution in [3.8, 4) is 44.1 Å². The third kappa shape index (κ3) is 5.28. The Bertz CT molecular complexity index is 1840. The highest BCUT2D eigenvalue weighted by Crippen LogP contribution is 2.38. The molecule has 0 atom stereocenters. The van der Waals surface area contributed by atoms with Crippen LogP contribution in [0.4, 0.5) is 8.78 Å². The number of ether oxygens (including phenoxy) is 4. The summed E-state index contributed by atoms with van der Waals surface area (Å²) in [4.78, 5) is 9.11. The molecule has 6 rings (SSSR count). The van der Waals surface area contributed by atoms with Gasteiger partial charge in [0.15, 0.2) is 23.0 Å². The van der Waals surface area contributed by atoms with Gasteiger partial charge < -0.3 is 18.9 Å². The number of aromatic nitrogens is 2. The van der Waals surface area contributed by atoms with Crippen molar-refractivity contribution in [2.45, 2.75) is 0 Å². The SMILES string of the molecule is COc1cc(-c2nc3cc(F)ccc3s2)ccc1OCCOc1cc(-c2nc3cc(F)ccc3s2)ccc1OC. The van der Waals surface area contributed by atoms with Crippen molar-refractivity contribution < 1.29 is 27.7 Å². The number of thiazole rings is 2. The van der Waals surface area contributed by atoms with E-state index in [2.05, 4.69) is 9.97 Å². The Morgan fingerprint density at radius 3 is 1.62 bits per heavy atom. The number of halogens is 2. The topological polar surface area (TPSA) is 62.7 Å². The molecule has 0 saturated heterocycles. The van der Waals surface area contributed by atoms with Crippen LogP contribution in [-0.2, 0) is 0 Å². The molecule has 0 spiro atoms. The van der Waals surface area contributed by atoms with E-state index in [4.69, 9.17) is 18.9 Å². The maximum absolute atomic E-state index is 13.6. The van der Waals surface area contributed by atoms with Gasteiger partial charge in [0.1, 0.15) is 34.9 Å². The second-order valence-corrected chi connectivity index (χ2v) is 10.8. The molecule has 0 aliphatic heterocycles. The van der Waals surface area contributed by atoms with Gasteiger partial charge in [0.25, 0.3) is 0 Å². The van der Waals surface area contributed by atoms with Crippen LogP contribution in [0.25, 0.3) is 41.6 Å². The molecule has 0 unspecified atom stereocenters. The quantitative estimate of drug-likeness (QED) is 0.163. The molecule has 0 bridgehead atoms. The molecule has 10 heteroatoms. The summed E-state index contributed by atoms with van der Waals surface area (Å²) in [6.45, 7) is 0.503. The van der Waals surface area contributed by atoms with E-state index in [1.165, 1.54) is 46.9 Å². The lowest BCUT2D eigenvalue weighted by Crippen LogP contribution is -2.10. The number of nitrogens with zero attached hydrogens (tertiary/aromatic N) is 2. The highest BCUT2D eigenvalue weighted by Gasteiger charge is 2.14. The number of hydrogen-bond donors (Lipinski definition) is 0. The van der Waals surface area contributed by atoms with E-state index in [-0.39, 0.29) is 24.8 Å². The van der Waals surface area contributed by atoms with Gasteiger partial charge in [-0.2, -0.15) is 0 Å². The number of rotatable bonds is 9. The Labute approximate surface area is 236 Å². The lowest BCUT2D eigenvalue weighted by atomic mass is 10.2. The maximum Gasteiger partial charge on any atom is 0.162 e. The summed E-state index contributed by atoms with van der Waals surface area (Å²) in [5.41, 5.74) is 2.92. The van der Waals surface area contributed by atoms with Crippen molar-refractivity contribution in [1.82, 2.24) is 9.97 Å². The summed E-state index contributed by atoms with van der Waals surface area (Å²) in [6, 6.07) is 20.3. The lowest BCUT2D eigenvalue weighted by Gasteiger charge is -2.14. The minimum atomic E-state index is -0.317. The number of benzene rings is 4. The van der Waals surface area contributed by atoms with Crippen LogP contribution < -0.4 is 18.9 Å². The Morgan fingerprint density at radius 2 is 1.07 bits per heavy atom. The third-order valence-electron chi connectivity index (χ3n) is 6.12. The molecule has 2 heterocycles. The largest absolute Gasteiger partial charge is 0.493 e. The van der Waals surface area contributed by atoms with Crippen LogP contribution >= 0.6 is 22.7 Å². The fraction of sp³-hybridized carbons (Fsp3) is 0.133. The van der Waals surface area contributed by atoms with Gasteiger partial charge in [-0.15, -0.1) is 22.7 Å². The molecule has 2 aromatic heterocycles.